The summed E-state index contributed by atoms with van der Waals surface area (Å²) in [7, 11) is 1.69. The lowest BCUT2D eigenvalue weighted by Gasteiger charge is -2.32. The second kappa shape index (κ2) is 9.23. The van der Waals surface area contributed by atoms with E-state index in [1.807, 2.05) is 24.3 Å². The normalized spacial score (nSPS) is 28.6. The molecule has 9 nitrogen and oxygen atoms in total. The Kier molecular flexibility index (Phi) is 6.43. The summed E-state index contributed by atoms with van der Waals surface area (Å²) >= 11 is 0. The van der Waals surface area contributed by atoms with Gasteiger partial charge in [-0.1, -0.05) is 18.2 Å². The van der Waals surface area contributed by atoms with Crippen molar-refractivity contribution in [1.82, 2.24) is 20.9 Å². The Morgan fingerprint density at radius 2 is 1.84 bits per heavy atom. The van der Waals surface area contributed by atoms with Crippen LogP contribution in [0.3, 0.4) is 0 Å². The summed E-state index contributed by atoms with van der Waals surface area (Å²) in [5, 5.41) is 8.78. The maximum atomic E-state index is 13.3. The highest BCUT2D eigenvalue weighted by atomic mass is 16.5. The molecule has 0 radical (unpaired) electrons. The zero-order valence-corrected chi connectivity index (χ0v) is 17.9. The van der Waals surface area contributed by atoms with E-state index in [-0.39, 0.29) is 23.8 Å². The van der Waals surface area contributed by atoms with Crippen molar-refractivity contribution in [3.63, 3.8) is 0 Å². The quantitative estimate of drug-likeness (QED) is 0.626. The highest BCUT2D eigenvalue weighted by Gasteiger charge is 2.46. The van der Waals surface area contributed by atoms with Crippen molar-refractivity contribution >= 4 is 17.7 Å². The fraction of sp³-hybridized carbons (Fsp3) is 0.591. The molecule has 3 aliphatic rings. The van der Waals surface area contributed by atoms with Crippen molar-refractivity contribution in [2.24, 2.45) is 0 Å². The van der Waals surface area contributed by atoms with Crippen molar-refractivity contribution < 1.29 is 23.9 Å². The third-order valence-corrected chi connectivity index (χ3v) is 6.32. The highest BCUT2D eigenvalue weighted by molar-refractivity contribution is 5.93. The number of nitrogens with one attached hydrogen (secondary N) is 3. The Hall–Kier alpha value is -2.65. The molecule has 9 heteroatoms. The van der Waals surface area contributed by atoms with Crippen LogP contribution >= 0.6 is 0 Å². The maximum Gasteiger partial charge on any atom is 0.247 e. The van der Waals surface area contributed by atoms with Gasteiger partial charge >= 0.3 is 0 Å². The molecule has 3 heterocycles. The van der Waals surface area contributed by atoms with Crippen molar-refractivity contribution in [2.45, 2.75) is 63.0 Å². The zero-order valence-electron chi connectivity index (χ0n) is 17.9. The average molecular weight is 431 g/mol. The van der Waals surface area contributed by atoms with Gasteiger partial charge in [0.2, 0.25) is 17.7 Å². The predicted molar refractivity (Wildman–Crippen MR) is 112 cm³/mol. The first-order valence-corrected chi connectivity index (χ1v) is 10.9. The molecule has 0 saturated carbocycles. The summed E-state index contributed by atoms with van der Waals surface area (Å²) in [6.45, 7) is 2.61. The van der Waals surface area contributed by atoms with Crippen molar-refractivity contribution in [2.75, 3.05) is 20.3 Å². The number of para-hydroxylation sites is 1. The molecule has 1 aromatic carbocycles. The van der Waals surface area contributed by atoms with Crippen LogP contribution in [0, 0.1) is 0 Å². The van der Waals surface area contributed by atoms with E-state index in [1.54, 1.807) is 14.0 Å². The van der Waals surface area contributed by atoms with Crippen LogP contribution in [0.25, 0.3) is 0 Å². The van der Waals surface area contributed by atoms with Crippen LogP contribution < -0.4 is 20.7 Å². The highest BCUT2D eigenvalue weighted by Crippen LogP contribution is 2.33. The number of hydrogen-bond acceptors (Lipinski definition) is 6. The molecule has 0 spiro atoms. The molecule has 5 atom stereocenters. The van der Waals surface area contributed by atoms with Gasteiger partial charge in [0.25, 0.3) is 0 Å². The van der Waals surface area contributed by atoms with E-state index in [0.29, 0.717) is 38.9 Å². The number of fused-ring (bicyclic) bond motifs is 2. The first kappa shape index (κ1) is 21.6. The predicted octanol–water partition coefficient (Wildman–Crippen LogP) is 0.457. The first-order chi connectivity index (χ1) is 15.0. The number of nitrogens with zero attached hydrogens (tertiary/aromatic N) is 1. The molecule has 2 fully saturated rings. The number of likely N-dealkylation sites (N-methyl/N-ethyl adjacent to an activating group) is 1. The Morgan fingerprint density at radius 3 is 2.65 bits per heavy atom. The summed E-state index contributed by atoms with van der Waals surface area (Å²) in [5.74, 6) is 0.0678. The molecule has 3 N–H and O–H groups in total. The molecule has 4 rings (SSSR count). The van der Waals surface area contributed by atoms with Crippen molar-refractivity contribution in [3.05, 3.63) is 29.8 Å². The Bertz CT molecular complexity index is 847. The van der Waals surface area contributed by atoms with Crippen LogP contribution in [0.2, 0.25) is 0 Å². The number of carbonyl (C=O) groups is 3. The van der Waals surface area contributed by atoms with Gasteiger partial charge in [-0.25, -0.2) is 0 Å². The standard InChI is InChI=1S/C22H30N4O5/c1-13(23-2)20(27)25-16-10-12-31-19-8-7-17(26(19)22(16)29)21(28)24-15-9-11-30-18-6-4-3-5-14(15)18/h3-6,13,15-17,19,23H,7-12H2,1-2H3,(H,24,28)(H,25,27)/t13?,15?,16-,17-,19-/m0/s1. The Labute approximate surface area is 181 Å². The molecule has 1 aromatic rings. The van der Waals surface area contributed by atoms with Gasteiger partial charge in [-0.2, -0.15) is 0 Å². The number of benzene rings is 1. The monoisotopic (exact) mass is 430 g/mol. The molecule has 2 unspecified atom stereocenters. The number of amides is 3. The summed E-state index contributed by atoms with van der Waals surface area (Å²) in [6.07, 6.45) is 1.75. The van der Waals surface area contributed by atoms with Crippen LogP contribution in [0.1, 0.15) is 44.2 Å². The third kappa shape index (κ3) is 4.38. The maximum absolute atomic E-state index is 13.3. The molecule has 2 saturated heterocycles. The van der Waals surface area contributed by atoms with Gasteiger partial charge in [0.15, 0.2) is 0 Å². The number of rotatable bonds is 5. The molecule has 3 aliphatic heterocycles. The van der Waals surface area contributed by atoms with Gasteiger partial charge in [0, 0.05) is 18.4 Å². The SMILES string of the molecule is CNC(C)C(=O)N[C@H]1CCO[C@H]2CC[C@@H](C(=O)NC3CCOc4ccccc43)N2C1=O. The van der Waals surface area contributed by atoms with Gasteiger partial charge in [0.1, 0.15) is 24.1 Å². The van der Waals surface area contributed by atoms with E-state index in [1.165, 1.54) is 4.90 Å². The van der Waals surface area contributed by atoms with Gasteiger partial charge in [-0.15, -0.1) is 0 Å². The largest absolute Gasteiger partial charge is 0.493 e. The van der Waals surface area contributed by atoms with Crippen LogP contribution in [-0.2, 0) is 19.1 Å². The van der Waals surface area contributed by atoms with Crippen molar-refractivity contribution in [1.29, 1.82) is 0 Å². The molecule has 3 amide bonds. The molecule has 0 aliphatic carbocycles. The fourth-order valence-corrected chi connectivity index (χ4v) is 4.44. The summed E-state index contributed by atoms with van der Waals surface area (Å²) < 4.78 is 11.5. The number of carbonyl (C=O) groups excluding carboxylic acids is 3. The summed E-state index contributed by atoms with van der Waals surface area (Å²) in [4.78, 5) is 40.4. The van der Waals surface area contributed by atoms with Gasteiger partial charge in [-0.3, -0.25) is 14.4 Å². The third-order valence-electron chi connectivity index (χ3n) is 6.32. The molecular formula is C22H30N4O5. The minimum Gasteiger partial charge on any atom is -0.493 e. The van der Waals surface area contributed by atoms with E-state index in [4.69, 9.17) is 9.47 Å². The average Bonchev–Trinajstić information content (AvgIpc) is 3.15. The molecule has 0 aromatic heterocycles. The van der Waals surface area contributed by atoms with E-state index in [2.05, 4.69) is 16.0 Å². The van der Waals surface area contributed by atoms with E-state index >= 15 is 0 Å². The van der Waals surface area contributed by atoms with E-state index in [0.717, 1.165) is 11.3 Å². The second-order valence-electron chi connectivity index (χ2n) is 8.26. The first-order valence-electron chi connectivity index (χ1n) is 10.9. The fourth-order valence-electron chi connectivity index (χ4n) is 4.44. The lowest BCUT2D eigenvalue weighted by Crippen LogP contribution is -2.56. The topological polar surface area (TPSA) is 109 Å². The lowest BCUT2D eigenvalue weighted by atomic mass is 10.00. The van der Waals surface area contributed by atoms with Gasteiger partial charge < -0.3 is 30.3 Å². The number of ether oxygens (including phenoxy) is 2. The molecule has 31 heavy (non-hydrogen) atoms. The minimum absolute atomic E-state index is 0.161. The van der Waals surface area contributed by atoms with E-state index < -0.39 is 24.4 Å². The van der Waals surface area contributed by atoms with Gasteiger partial charge in [-0.05, 0) is 32.9 Å². The Balaban J connectivity index is 1.47. The zero-order chi connectivity index (χ0) is 22.0. The second-order valence-corrected chi connectivity index (χ2v) is 8.26. The lowest BCUT2D eigenvalue weighted by molar-refractivity contribution is -0.149. The van der Waals surface area contributed by atoms with Crippen LogP contribution in [-0.4, -0.2) is 67.2 Å². The van der Waals surface area contributed by atoms with Crippen LogP contribution in [0.15, 0.2) is 24.3 Å². The minimum atomic E-state index is -0.703. The Morgan fingerprint density at radius 1 is 1.06 bits per heavy atom. The molecular weight excluding hydrogens is 400 g/mol. The van der Waals surface area contributed by atoms with Crippen molar-refractivity contribution in [3.8, 4) is 5.75 Å². The van der Waals surface area contributed by atoms with E-state index in [9.17, 15) is 14.4 Å². The smallest absolute Gasteiger partial charge is 0.247 e. The van der Waals surface area contributed by atoms with Crippen LogP contribution in [0.5, 0.6) is 5.75 Å². The number of hydrogen-bond donors (Lipinski definition) is 3. The summed E-state index contributed by atoms with van der Waals surface area (Å²) in [5.41, 5.74) is 0.946. The summed E-state index contributed by atoms with van der Waals surface area (Å²) in [6, 6.07) is 5.77. The van der Waals surface area contributed by atoms with Crippen LogP contribution in [0.4, 0.5) is 0 Å². The molecule has 168 valence electrons. The molecule has 0 bridgehead atoms. The van der Waals surface area contributed by atoms with Gasteiger partial charge in [0.05, 0.1) is 25.3 Å².